The van der Waals surface area contributed by atoms with E-state index in [1.165, 1.54) is 37.3 Å². The van der Waals surface area contributed by atoms with Gasteiger partial charge in [-0.25, -0.2) is 0 Å². The highest BCUT2D eigenvalue weighted by atomic mass is 16.5. The molecule has 1 unspecified atom stereocenters. The first kappa shape index (κ1) is 40.2. The van der Waals surface area contributed by atoms with Gasteiger partial charge in [0.25, 0.3) is 0 Å². The van der Waals surface area contributed by atoms with Crippen molar-refractivity contribution in [2.45, 2.75) is 107 Å². The number of phenolic OH excluding ortho intramolecular Hbond substituents is 2. The number of hydrogen-bond acceptors (Lipinski definition) is 9. The monoisotopic (exact) mass is 832 g/mol. The molecule has 9 heteroatoms. The molecule has 0 amide bonds. The molecule has 9 nitrogen and oxygen atoms in total. The van der Waals surface area contributed by atoms with Crippen molar-refractivity contribution in [3.63, 3.8) is 0 Å². The fraction of sp³-hybridized carbons (Fsp3) is 0.415. The number of nitrogens with one attached hydrogen (secondary N) is 1. The van der Waals surface area contributed by atoms with Crippen molar-refractivity contribution < 1.29 is 34.0 Å². The van der Waals surface area contributed by atoms with Gasteiger partial charge in [-0.2, -0.15) is 0 Å². The molecule has 5 N–H and O–H groups in total. The highest BCUT2D eigenvalue weighted by molar-refractivity contribution is 5.84. The summed E-state index contributed by atoms with van der Waals surface area (Å²) in [5.41, 5.74) is 16.6. The van der Waals surface area contributed by atoms with Crippen molar-refractivity contribution >= 4 is 5.97 Å². The Morgan fingerprint density at radius 2 is 1.74 bits per heavy atom. The molecule has 1 spiro atoms. The molecule has 4 aromatic rings. The van der Waals surface area contributed by atoms with Gasteiger partial charge in [0.2, 0.25) is 0 Å². The first-order valence-corrected chi connectivity index (χ1v) is 22.4. The molecular formula is C53H56N2O7. The SMILES string of the molecule is COc1cc2c(cc1O)CC#CC1=C(C=CC(N)N1)[C@H](CC1(c3ccccc3)CCCCC1)[C@H]1CC[C@]3(Cc4cc(O)cc(OC)c4-c4ccc5c(c43)O[C@H]2[C@H]5COC(C)=O)C1. The summed E-state index contributed by atoms with van der Waals surface area (Å²) in [6.07, 6.45) is 14.1. The van der Waals surface area contributed by atoms with Crippen LogP contribution in [0.3, 0.4) is 0 Å². The molecule has 0 aromatic heterocycles. The van der Waals surface area contributed by atoms with Crippen molar-refractivity contribution in [1.82, 2.24) is 5.32 Å². The molecule has 2 saturated carbocycles. The molecule has 6 atom stereocenters. The first-order valence-electron chi connectivity index (χ1n) is 22.4. The predicted molar refractivity (Wildman–Crippen MR) is 238 cm³/mol. The van der Waals surface area contributed by atoms with Gasteiger partial charge in [-0.3, -0.25) is 4.79 Å². The molecule has 2 fully saturated rings. The van der Waals surface area contributed by atoms with Gasteiger partial charge in [-0.05, 0) is 120 Å². The lowest BCUT2D eigenvalue weighted by Crippen LogP contribution is -2.40. The summed E-state index contributed by atoms with van der Waals surface area (Å²) in [6.45, 7) is 1.54. The number of fused-ring (bicyclic) bond motifs is 6. The number of aromatic hydroxyl groups is 2. The molecule has 4 aromatic carbocycles. The lowest BCUT2D eigenvalue weighted by molar-refractivity contribution is -0.141. The minimum Gasteiger partial charge on any atom is -0.508 e. The molecule has 3 aliphatic heterocycles. The van der Waals surface area contributed by atoms with Gasteiger partial charge in [0.1, 0.15) is 30.0 Å². The number of esters is 1. The van der Waals surface area contributed by atoms with E-state index in [1.54, 1.807) is 26.4 Å². The predicted octanol–water partition coefficient (Wildman–Crippen LogP) is 9.32. The average molecular weight is 833 g/mol. The zero-order chi connectivity index (χ0) is 42.8. The van der Waals surface area contributed by atoms with Gasteiger partial charge in [0.15, 0.2) is 11.5 Å². The van der Waals surface area contributed by atoms with E-state index in [2.05, 4.69) is 71.8 Å². The fourth-order valence-electron chi connectivity index (χ4n) is 12.4. The maximum absolute atomic E-state index is 12.5. The summed E-state index contributed by atoms with van der Waals surface area (Å²) in [5.74, 6) is 8.78. The Morgan fingerprint density at radius 3 is 2.52 bits per heavy atom. The Hall–Kier alpha value is -5.85. The Labute approximate surface area is 364 Å². The van der Waals surface area contributed by atoms with E-state index in [9.17, 15) is 15.0 Å². The number of phenols is 2. The number of allylic oxidation sites excluding steroid dienone is 3. The Morgan fingerprint density at radius 1 is 0.935 bits per heavy atom. The maximum Gasteiger partial charge on any atom is 0.302 e. The van der Waals surface area contributed by atoms with E-state index in [0.29, 0.717) is 24.3 Å². The lowest BCUT2D eigenvalue weighted by atomic mass is 9.61. The van der Waals surface area contributed by atoms with Crippen LogP contribution >= 0.6 is 0 Å². The van der Waals surface area contributed by atoms with Crippen LogP contribution < -0.4 is 25.3 Å². The Kier molecular flexibility index (Phi) is 10.3. The second kappa shape index (κ2) is 15.8. The second-order valence-electron chi connectivity index (χ2n) is 18.6. The van der Waals surface area contributed by atoms with Gasteiger partial charge in [-0.1, -0.05) is 73.7 Å². The molecule has 0 saturated heterocycles. The topological polar surface area (TPSA) is 133 Å². The third-order valence-corrected chi connectivity index (χ3v) is 15.1. The van der Waals surface area contributed by atoms with Gasteiger partial charge >= 0.3 is 5.97 Å². The number of rotatable bonds is 7. The van der Waals surface area contributed by atoms with E-state index in [4.69, 9.17) is 24.7 Å². The number of ether oxygens (including phenoxy) is 4. The van der Waals surface area contributed by atoms with Crippen molar-refractivity contribution in [3.05, 3.63) is 124 Å². The lowest BCUT2D eigenvalue weighted by Gasteiger charge is -2.44. The fourth-order valence-corrected chi connectivity index (χ4v) is 12.4. The molecule has 3 heterocycles. The average Bonchev–Trinajstić information content (AvgIpc) is 3.86. The van der Waals surface area contributed by atoms with Crippen LogP contribution in [-0.2, 0) is 33.2 Å². The summed E-state index contributed by atoms with van der Waals surface area (Å²) in [5, 5.41) is 25.9. The summed E-state index contributed by atoms with van der Waals surface area (Å²) < 4.78 is 25.0. The second-order valence-corrected chi connectivity index (χ2v) is 18.6. The third kappa shape index (κ3) is 6.79. The van der Waals surface area contributed by atoms with Gasteiger partial charge in [0, 0.05) is 47.1 Å². The largest absolute Gasteiger partial charge is 0.508 e. The number of carbonyl (C=O) groups excluding carboxylic acids is 1. The number of benzene rings is 4. The van der Waals surface area contributed by atoms with Crippen LogP contribution in [0.15, 0.2) is 90.2 Å². The van der Waals surface area contributed by atoms with E-state index < -0.39 is 6.10 Å². The molecule has 0 radical (unpaired) electrons. The molecule has 4 bridgehead atoms. The summed E-state index contributed by atoms with van der Waals surface area (Å²) in [6, 6.07) is 22.7. The standard InChI is InChI=1S/C53H56N2O7/c1-31(56)61-30-42-38-15-16-39-48-34(23-36(57)25-46(48)60-3)28-53-22-19-33(27-53)41(29-52(20-8-5-9-21-52)35-12-6-4-7-13-35)37-17-18-47(54)55-43(37)14-10-11-32-24-44(58)45(59-2)26-40(32)50(42)62-51(38)49(39)53/h4,6-7,12-13,15-18,23-26,33,41-42,47,50,55,57-58H,5,8-9,11,19-22,27-30,54H2,1-3H3/t33-,41+,42-,47?,50+,53+/m0/s1. The van der Waals surface area contributed by atoms with Crippen molar-refractivity contribution in [2.75, 3.05) is 20.8 Å². The van der Waals surface area contributed by atoms with Gasteiger partial charge in [-0.15, -0.1) is 0 Å². The normalized spacial score (nSPS) is 26.2. The minimum absolute atomic E-state index is 0.00898. The van der Waals surface area contributed by atoms with Crippen LogP contribution in [-0.4, -0.2) is 43.2 Å². The minimum atomic E-state index is -0.576. The van der Waals surface area contributed by atoms with Crippen LogP contribution in [0.1, 0.15) is 110 Å². The van der Waals surface area contributed by atoms with Crippen LogP contribution in [0.4, 0.5) is 0 Å². The number of methoxy groups -OCH3 is 2. The molecule has 6 aliphatic rings. The van der Waals surface area contributed by atoms with Crippen molar-refractivity contribution in [1.29, 1.82) is 0 Å². The zero-order valence-electron chi connectivity index (χ0n) is 35.9. The van der Waals surface area contributed by atoms with E-state index in [1.807, 2.05) is 12.1 Å². The van der Waals surface area contributed by atoms with Crippen molar-refractivity contribution in [2.24, 2.45) is 17.6 Å². The van der Waals surface area contributed by atoms with E-state index in [0.717, 1.165) is 88.9 Å². The number of carbonyl (C=O) groups is 1. The van der Waals surface area contributed by atoms with Gasteiger partial charge < -0.3 is 40.2 Å². The molecule has 320 valence electrons. The molecule has 3 aliphatic carbocycles. The summed E-state index contributed by atoms with van der Waals surface area (Å²) in [7, 11) is 3.20. The van der Waals surface area contributed by atoms with Crippen molar-refractivity contribution in [3.8, 4) is 51.7 Å². The van der Waals surface area contributed by atoms with Crippen LogP contribution in [0.25, 0.3) is 11.1 Å². The molecule has 10 rings (SSSR count). The maximum atomic E-state index is 12.5. The quantitative estimate of drug-likeness (QED) is 0.106. The Balaban J connectivity index is 1.23. The Bertz CT molecular complexity index is 2560. The van der Waals surface area contributed by atoms with E-state index in [-0.39, 0.29) is 58.8 Å². The third-order valence-electron chi connectivity index (χ3n) is 15.1. The number of dihydropyridines is 1. The van der Waals surface area contributed by atoms with Crippen LogP contribution in [0, 0.1) is 23.7 Å². The summed E-state index contributed by atoms with van der Waals surface area (Å²) >= 11 is 0. The summed E-state index contributed by atoms with van der Waals surface area (Å²) in [4.78, 5) is 12.5. The van der Waals surface area contributed by atoms with Crippen LogP contribution in [0.5, 0.6) is 28.7 Å². The highest BCUT2D eigenvalue weighted by Gasteiger charge is 2.53. The van der Waals surface area contributed by atoms with Crippen LogP contribution in [0.2, 0.25) is 0 Å². The van der Waals surface area contributed by atoms with E-state index >= 15 is 0 Å². The highest BCUT2D eigenvalue weighted by Crippen LogP contribution is 2.64. The smallest absolute Gasteiger partial charge is 0.302 e. The van der Waals surface area contributed by atoms with Gasteiger partial charge in [0.05, 0.1) is 32.0 Å². The molecular weight excluding hydrogens is 777 g/mol. The zero-order valence-corrected chi connectivity index (χ0v) is 35.9. The number of hydrogen-bond donors (Lipinski definition) is 4. The molecule has 62 heavy (non-hydrogen) atoms. The first-order chi connectivity index (χ1) is 30.1. The number of nitrogens with two attached hydrogens (primary N) is 1.